The minimum Gasteiger partial charge on any atom is -0.385 e. The number of rotatable bonds is 5. The van der Waals surface area contributed by atoms with Crippen LogP contribution in [0.3, 0.4) is 0 Å². The topological polar surface area (TPSA) is 35.2 Å². The minimum atomic E-state index is 0.333. The van der Waals surface area contributed by atoms with Crippen molar-refractivity contribution in [2.45, 2.75) is 46.1 Å². The van der Waals surface area contributed by atoms with Gasteiger partial charge in [-0.05, 0) is 24.7 Å². The quantitative estimate of drug-likeness (QED) is 0.647. The molecular formula is C10H23NO. The van der Waals surface area contributed by atoms with E-state index in [2.05, 4.69) is 20.8 Å². The van der Waals surface area contributed by atoms with Crippen LogP contribution >= 0.6 is 0 Å². The molecule has 1 atom stereocenters. The summed E-state index contributed by atoms with van der Waals surface area (Å²) in [6.45, 7) is 7.51. The van der Waals surface area contributed by atoms with Gasteiger partial charge in [-0.2, -0.15) is 0 Å². The summed E-state index contributed by atoms with van der Waals surface area (Å²) < 4.78 is 4.97. The van der Waals surface area contributed by atoms with E-state index in [9.17, 15) is 0 Å². The van der Waals surface area contributed by atoms with Crippen LogP contribution in [0.25, 0.3) is 0 Å². The third kappa shape index (κ3) is 8.02. The van der Waals surface area contributed by atoms with Crippen LogP contribution in [0.5, 0.6) is 0 Å². The first-order chi connectivity index (χ1) is 5.45. The average Bonchev–Trinajstić information content (AvgIpc) is 1.84. The molecule has 0 aromatic carbocycles. The standard InChI is InChI=1S/C10H23NO/c1-10(2,3)8-9(11)6-5-7-12-4/h9H,5-8,11H2,1-4H3. The summed E-state index contributed by atoms with van der Waals surface area (Å²) in [6.07, 6.45) is 3.25. The Balaban J connectivity index is 3.40. The molecule has 12 heavy (non-hydrogen) atoms. The fourth-order valence-corrected chi connectivity index (χ4v) is 1.38. The summed E-state index contributed by atoms with van der Waals surface area (Å²) in [7, 11) is 1.73. The summed E-state index contributed by atoms with van der Waals surface area (Å²) >= 11 is 0. The maximum Gasteiger partial charge on any atom is 0.0462 e. The Morgan fingerprint density at radius 2 is 1.92 bits per heavy atom. The van der Waals surface area contributed by atoms with Crippen LogP contribution in [-0.4, -0.2) is 19.8 Å². The molecule has 74 valence electrons. The molecule has 0 fully saturated rings. The van der Waals surface area contributed by atoms with Gasteiger partial charge in [-0.15, -0.1) is 0 Å². The molecule has 0 aliphatic rings. The van der Waals surface area contributed by atoms with Gasteiger partial charge in [-0.1, -0.05) is 20.8 Å². The molecule has 2 heteroatoms. The zero-order valence-electron chi connectivity index (χ0n) is 8.89. The second-order valence-corrected chi connectivity index (χ2v) is 4.66. The Morgan fingerprint density at radius 3 is 2.33 bits per heavy atom. The maximum absolute atomic E-state index is 5.95. The molecule has 0 radical (unpaired) electrons. The van der Waals surface area contributed by atoms with Gasteiger partial charge in [-0.25, -0.2) is 0 Å². The van der Waals surface area contributed by atoms with Crippen molar-refractivity contribution in [2.75, 3.05) is 13.7 Å². The third-order valence-electron chi connectivity index (χ3n) is 1.80. The third-order valence-corrected chi connectivity index (χ3v) is 1.80. The second-order valence-electron chi connectivity index (χ2n) is 4.66. The van der Waals surface area contributed by atoms with Gasteiger partial charge < -0.3 is 10.5 Å². The molecule has 0 heterocycles. The van der Waals surface area contributed by atoms with Crippen molar-refractivity contribution in [3.05, 3.63) is 0 Å². The summed E-state index contributed by atoms with van der Waals surface area (Å²) in [5.41, 5.74) is 6.30. The lowest BCUT2D eigenvalue weighted by molar-refractivity contribution is 0.187. The van der Waals surface area contributed by atoms with Crippen LogP contribution < -0.4 is 5.73 Å². The summed E-state index contributed by atoms with van der Waals surface area (Å²) in [5, 5.41) is 0. The summed E-state index contributed by atoms with van der Waals surface area (Å²) in [5.74, 6) is 0. The van der Waals surface area contributed by atoms with E-state index in [1.165, 1.54) is 0 Å². The van der Waals surface area contributed by atoms with Crippen LogP contribution in [0.2, 0.25) is 0 Å². The zero-order valence-corrected chi connectivity index (χ0v) is 8.89. The first kappa shape index (κ1) is 11.9. The van der Waals surface area contributed by atoms with Crippen molar-refractivity contribution in [2.24, 2.45) is 11.1 Å². The normalized spacial score (nSPS) is 14.8. The van der Waals surface area contributed by atoms with Crippen molar-refractivity contribution in [1.82, 2.24) is 0 Å². The lowest BCUT2D eigenvalue weighted by Crippen LogP contribution is -2.26. The van der Waals surface area contributed by atoms with Gasteiger partial charge >= 0.3 is 0 Å². The van der Waals surface area contributed by atoms with E-state index < -0.39 is 0 Å². The lowest BCUT2D eigenvalue weighted by Gasteiger charge is -2.22. The van der Waals surface area contributed by atoms with Gasteiger partial charge in [0.05, 0.1) is 0 Å². The van der Waals surface area contributed by atoms with Crippen LogP contribution in [0.4, 0.5) is 0 Å². The van der Waals surface area contributed by atoms with E-state index >= 15 is 0 Å². The van der Waals surface area contributed by atoms with Gasteiger partial charge in [0, 0.05) is 19.8 Å². The van der Waals surface area contributed by atoms with Crippen molar-refractivity contribution in [3.8, 4) is 0 Å². The molecule has 0 aromatic rings. The highest BCUT2D eigenvalue weighted by molar-refractivity contribution is 4.71. The predicted molar refractivity (Wildman–Crippen MR) is 53.2 cm³/mol. The Labute approximate surface area is 76.5 Å². The van der Waals surface area contributed by atoms with E-state index in [1.807, 2.05) is 0 Å². The van der Waals surface area contributed by atoms with E-state index in [0.29, 0.717) is 11.5 Å². The van der Waals surface area contributed by atoms with Crippen LogP contribution in [0.1, 0.15) is 40.0 Å². The Morgan fingerprint density at radius 1 is 1.33 bits per heavy atom. The number of hydrogen-bond acceptors (Lipinski definition) is 2. The molecule has 0 aliphatic heterocycles. The smallest absolute Gasteiger partial charge is 0.0462 e. The highest BCUT2D eigenvalue weighted by Crippen LogP contribution is 2.21. The number of hydrogen-bond donors (Lipinski definition) is 1. The van der Waals surface area contributed by atoms with E-state index in [1.54, 1.807) is 7.11 Å². The van der Waals surface area contributed by atoms with Gasteiger partial charge in [0.1, 0.15) is 0 Å². The van der Waals surface area contributed by atoms with Gasteiger partial charge in [0.15, 0.2) is 0 Å². The van der Waals surface area contributed by atoms with E-state index in [-0.39, 0.29) is 0 Å². The highest BCUT2D eigenvalue weighted by atomic mass is 16.5. The Kier molecular flexibility index (Phi) is 5.51. The Hall–Kier alpha value is -0.0800. The first-order valence-corrected chi connectivity index (χ1v) is 4.70. The SMILES string of the molecule is COCCCC(N)CC(C)(C)C. The largest absolute Gasteiger partial charge is 0.385 e. The Bertz CT molecular complexity index is 107. The predicted octanol–water partition coefficient (Wildman–Crippen LogP) is 2.18. The molecule has 0 bridgehead atoms. The van der Waals surface area contributed by atoms with Gasteiger partial charge in [0.2, 0.25) is 0 Å². The molecular weight excluding hydrogens is 150 g/mol. The maximum atomic E-state index is 5.95. The fourth-order valence-electron chi connectivity index (χ4n) is 1.38. The second kappa shape index (κ2) is 5.55. The molecule has 0 aromatic heterocycles. The van der Waals surface area contributed by atoms with Crippen LogP contribution in [0, 0.1) is 5.41 Å². The molecule has 0 rings (SSSR count). The number of nitrogens with two attached hydrogens (primary N) is 1. The zero-order chi connectivity index (χ0) is 9.61. The van der Waals surface area contributed by atoms with Crippen molar-refractivity contribution in [3.63, 3.8) is 0 Å². The monoisotopic (exact) mass is 173 g/mol. The first-order valence-electron chi connectivity index (χ1n) is 4.70. The molecule has 2 N–H and O–H groups in total. The number of methoxy groups -OCH3 is 1. The molecule has 0 spiro atoms. The molecule has 1 unspecified atom stereocenters. The summed E-state index contributed by atoms with van der Waals surface area (Å²) in [6, 6.07) is 0.333. The van der Waals surface area contributed by atoms with Crippen molar-refractivity contribution < 1.29 is 4.74 Å². The van der Waals surface area contributed by atoms with Crippen molar-refractivity contribution >= 4 is 0 Å². The molecule has 0 saturated carbocycles. The molecule has 2 nitrogen and oxygen atoms in total. The van der Waals surface area contributed by atoms with Crippen LogP contribution in [0.15, 0.2) is 0 Å². The lowest BCUT2D eigenvalue weighted by atomic mass is 9.87. The molecule has 0 saturated heterocycles. The van der Waals surface area contributed by atoms with Crippen molar-refractivity contribution in [1.29, 1.82) is 0 Å². The van der Waals surface area contributed by atoms with Gasteiger partial charge in [0.25, 0.3) is 0 Å². The number of ether oxygens (including phenoxy) is 1. The highest BCUT2D eigenvalue weighted by Gasteiger charge is 2.14. The fraction of sp³-hybridized carbons (Fsp3) is 1.00. The minimum absolute atomic E-state index is 0.333. The van der Waals surface area contributed by atoms with E-state index in [0.717, 1.165) is 25.9 Å². The van der Waals surface area contributed by atoms with Gasteiger partial charge in [-0.3, -0.25) is 0 Å². The average molecular weight is 173 g/mol. The molecule has 0 aliphatic carbocycles. The summed E-state index contributed by atoms with van der Waals surface area (Å²) in [4.78, 5) is 0. The van der Waals surface area contributed by atoms with E-state index in [4.69, 9.17) is 10.5 Å². The van der Waals surface area contributed by atoms with Crippen LogP contribution in [-0.2, 0) is 4.74 Å². The molecule has 0 amide bonds.